The van der Waals surface area contributed by atoms with Crippen LogP contribution in [0.4, 0.5) is 13.2 Å². The highest BCUT2D eigenvalue weighted by Crippen LogP contribution is 2.52. The van der Waals surface area contributed by atoms with E-state index in [1.54, 1.807) is 6.92 Å². The van der Waals surface area contributed by atoms with E-state index < -0.39 is 107 Å². The van der Waals surface area contributed by atoms with Crippen LogP contribution in [-0.2, 0) is 53.0 Å². The highest BCUT2D eigenvalue weighted by Gasteiger charge is 2.72. The first-order chi connectivity index (χ1) is 17.1. The maximum Gasteiger partial charge on any atom is 0.368 e. The third-order valence-electron chi connectivity index (χ3n) is 7.07. The molecule has 4 fully saturated rings. The minimum Gasteiger partial charge on any atom is -0.743 e. The Labute approximate surface area is 208 Å². The van der Waals surface area contributed by atoms with Crippen LogP contribution in [0.15, 0.2) is 0 Å². The molecule has 0 N–H and O–H groups in total. The highest BCUT2D eigenvalue weighted by atomic mass is 32.2. The van der Waals surface area contributed by atoms with Gasteiger partial charge < -0.3 is 28.2 Å². The normalized spacial score (nSPS) is 32.6. The SMILES string of the molecule is CC1(OC(=O)C2C3OC4C(OC(=O)C42)C3OC(=O)CCC(=O)OCC(F)C(F)(F)S(=O)(=O)[O-])CCCC1. The van der Waals surface area contributed by atoms with Crippen molar-refractivity contribution >= 4 is 34.0 Å². The van der Waals surface area contributed by atoms with E-state index in [4.69, 9.17) is 18.9 Å². The molecule has 1 saturated carbocycles. The summed E-state index contributed by atoms with van der Waals surface area (Å²) in [4.78, 5) is 49.4. The van der Waals surface area contributed by atoms with Crippen molar-refractivity contribution in [2.75, 3.05) is 6.61 Å². The summed E-state index contributed by atoms with van der Waals surface area (Å²) < 4.78 is 96.9. The molecule has 0 radical (unpaired) electrons. The molecule has 0 spiro atoms. The highest BCUT2D eigenvalue weighted by molar-refractivity contribution is 7.86. The summed E-state index contributed by atoms with van der Waals surface area (Å²) in [6.45, 7) is 0.0644. The number of carbonyl (C=O) groups is 4. The van der Waals surface area contributed by atoms with Crippen LogP contribution in [0, 0.1) is 11.8 Å². The predicted molar refractivity (Wildman–Crippen MR) is 108 cm³/mol. The van der Waals surface area contributed by atoms with Gasteiger partial charge in [0, 0.05) is 0 Å². The van der Waals surface area contributed by atoms with Gasteiger partial charge in [-0.3, -0.25) is 19.2 Å². The van der Waals surface area contributed by atoms with Crippen LogP contribution in [0.25, 0.3) is 0 Å². The van der Waals surface area contributed by atoms with Crippen LogP contribution in [-0.4, -0.2) is 84.9 Å². The second-order valence-corrected chi connectivity index (χ2v) is 11.2. The summed E-state index contributed by atoms with van der Waals surface area (Å²) in [7, 11) is -6.33. The monoisotopic (exact) mass is 557 g/mol. The number of halogens is 3. The number of hydrogen-bond donors (Lipinski definition) is 0. The maximum absolute atomic E-state index is 13.4. The number of esters is 4. The van der Waals surface area contributed by atoms with Gasteiger partial charge in [0.2, 0.25) is 6.17 Å². The molecule has 0 aromatic heterocycles. The average molecular weight is 557 g/mol. The fraction of sp³-hybridized carbons (Fsp3) is 0.810. The molecule has 1 aliphatic carbocycles. The Hall–Kier alpha value is -2.46. The quantitative estimate of drug-likeness (QED) is 0.207. The van der Waals surface area contributed by atoms with E-state index in [0.29, 0.717) is 12.8 Å². The van der Waals surface area contributed by atoms with Crippen LogP contribution in [0.1, 0.15) is 45.4 Å². The lowest BCUT2D eigenvalue weighted by Crippen LogP contribution is -2.49. The van der Waals surface area contributed by atoms with E-state index in [9.17, 15) is 45.3 Å². The summed E-state index contributed by atoms with van der Waals surface area (Å²) >= 11 is 0. The van der Waals surface area contributed by atoms with Crippen molar-refractivity contribution in [1.29, 1.82) is 0 Å². The predicted octanol–water partition coefficient (Wildman–Crippen LogP) is 0.512. The molecule has 4 aliphatic rings. The van der Waals surface area contributed by atoms with Crippen molar-refractivity contribution in [3.8, 4) is 0 Å². The number of alkyl halides is 3. The Morgan fingerprint density at radius 2 is 1.76 bits per heavy atom. The van der Waals surface area contributed by atoms with Gasteiger partial charge in [0.25, 0.3) is 0 Å². The number of rotatable bonds is 10. The number of hydrogen-bond acceptors (Lipinski definition) is 12. The van der Waals surface area contributed by atoms with Gasteiger partial charge in [-0.15, -0.1) is 0 Å². The summed E-state index contributed by atoms with van der Waals surface area (Å²) in [5.41, 5.74) is -0.673. The molecule has 16 heteroatoms. The second-order valence-electron chi connectivity index (χ2n) is 9.72. The van der Waals surface area contributed by atoms with Gasteiger partial charge in [0.1, 0.15) is 36.3 Å². The topological polar surface area (TPSA) is 172 Å². The first kappa shape index (κ1) is 27.6. The lowest BCUT2D eigenvalue weighted by molar-refractivity contribution is -0.172. The van der Waals surface area contributed by atoms with E-state index >= 15 is 0 Å². The Morgan fingerprint density at radius 1 is 1.14 bits per heavy atom. The Bertz CT molecular complexity index is 1070. The fourth-order valence-corrected chi connectivity index (χ4v) is 5.56. The number of carbonyl (C=O) groups excluding carboxylic acids is 4. The van der Waals surface area contributed by atoms with Crippen LogP contribution < -0.4 is 0 Å². The van der Waals surface area contributed by atoms with Crippen LogP contribution >= 0.6 is 0 Å². The van der Waals surface area contributed by atoms with Gasteiger partial charge in [0.05, 0.1) is 12.8 Å². The standard InChI is InChI=1S/C21H25F3O12S/c1-20(6-2-3-7-20)36-19(28)13-12-14-17(35-18(12)27)16(15(13)34-14)33-11(26)5-4-10(25)32-8-9(22)21(23,24)37(29,30)31/h9,12-17H,2-8H2,1H3,(H,29,30,31)/p-1. The molecule has 3 aliphatic heterocycles. The van der Waals surface area contributed by atoms with Crippen molar-refractivity contribution < 1.29 is 69.0 Å². The van der Waals surface area contributed by atoms with E-state index in [1.807, 2.05) is 0 Å². The number of ether oxygens (including phenoxy) is 5. The van der Waals surface area contributed by atoms with Crippen molar-refractivity contribution in [1.82, 2.24) is 0 Å². The molecule has 7 unspecified atom stereocenters. The molecule has 3 saturated heterocycles. The summed E-state index contributed by atoms with van der Waals surface area (Å²) in [6.07, 6.45) is -5.91. The molecule has 0 amide bonds. The molecule has 3 heterocycles. The molecule has 7 atom stereocenters. The van der Waals surface area contributed by atoms with Crippen molar-refractivity contribution in [2.24, 2.45) is 11.8 Å². The zero-order valence-corrected chi connectivity index (χ0v) is 20.2. The van der Waals surface area contributed by atoms with Gasteiger partial charge in [0.15, 0.2) is 22.3 Å². The van der Waals surface area contributed by atoms with Gasteiger partial charge in [-0.25, -0.2) is 12.8 Å². The molecule has 208 valence electrons. The first-order valence-corrected chi connectivity index (χ1v) is 13.0. The van der Waals surface area contributed by atoms with Gasteiger partial charge >= 0.3 is 29.1 Å². The van der Waals surface area contributed by atoms with Gasteiger partial charge in [-0.1, -0.05) is 0 Å². The zero-order valence-electron chi connectivity index (χ0n) is 19.4. The first-order valence-electron chi connectivity index (χ1n) is 11.6. The van der Waals surface area contributed by atoms with Crippen LogP contribution in [0.3, 0.4) is 0 Å². The van der Waals surface area contributed by atoms with Crippen molar-refractivity contribution in [3.63, 3.8) is 0 Å². The third-order valence-corrected chi connectivity index (χ3v) is 8.00. The molecule has 2 bridgehead atoms. The lowest BCUT2D eigenvalue weighted by atomic mass is 9.78. The summed E-state index contributed by atoms with van der Waals surface area (Å²) in [5, 5.41) is -5.31. The van der Waals surface area contributed by atoms with E-state index in [-0.39, 0.29) is 0 Å². The molecule has 0 aromatic rings. The van der Waals surface area contributed by atoms with E-state index in [2.05, 4.69) is 4.74 Å². The molecular weight excluding hydrogens is 533 g/mol. The lowest BCUT2D eigenvalue weighted by Gasteiger charge is -2.31. The molecule has 4 rings (SSSR count). The van der Waals surface area contributed by atoms with E-state index in [1.165, 1.54) is 0 Å². The summed E-state index contributed by atoms with van der Waals surface area (Å²) in [5.74, 6) is -5.67. The second kappa shape index (κ2) is 9.69. The van der Waals surface area contributed by atoms with Gasteiger partial charge in [-0.05, 0) is 32.6 Å². The minimum atomic E-state index is -6.33. The Kier molecular flexibility index (Phi) is 7.22. The number of fused-ring (bicyclic) bond motifs is 1. The van der Waals surface area contributed by atoms with Crippen molar-refractivity contribution in [2.45, 2.75) is 86.9 Å². The minimum absolute atomic E-state index is 0.665. The zero-order chi connectivity index (χ0) is 27.3. The largest absolute Gasteiger partial charge is 0.743 e. The van der Waals surface area contributed by atoms with E-state index in [0.717, 1.165) is 12.8 Å². The van der Waals surface area contributed by atoms with Gasteiger partial charge in [-0.2, -0.15) is 8.78 Å². The van der Waals surface area contributed by atoms with Crippen LogP contribution in [0.5, 0.6) is 0 Å². The maximum atomic E-state index is 13.4. The molecule has 12 nitrogen and oxygen atoms in total. The van der Waals surface area contributed by atoms with Crippen LogP contribution in [0.2, 0.25) is 0 Å². The average Bonchev–Trinajstić information content (AvgIpc) is 3.53. The smallest absolute Gasteiger partial charge is 0.368 e. The summed E-state index contributed by atoms with van der Waals surface area (Å²) in [6, 6.07) is 0. The third kappa shape index (κ3) is 5.14. The Balaban J connectivity index is 1.30. The Morgan fingerprint density at radius 3 is 2.38 bits per heavy atom. The van der Waals surface area contributed by atoms with Crippen molar-refractivity contribution in [3.05, 3.63) is 0 Å². The fourth-order valence-electron chi connectivity index (χ4n) is 5.18. The molecular formula is C21H24F3O12S-. The molecule has 37 heavy (non-hydrogen) atoms. The molecule has 0 aromatic carbocycles.